The van der Waals surface area contributed by atoms with Gasteiger partial charge in [0.05, 0.1) is 23.8 Å². The first-order valence-corrected chi connectivity index (χ1v) is 9.86. The first kappa shape index (κ1) is 20.1. The summed E-state index contributed by atoms with van der Waals surface area (Å²) in [6.07, 6.45) is -2.66. The number of halogens is 4. The van der Waals surface area contributed by atoms with Gasteiger partial charge in [-0.05, 0) is 29.8 Å². The van der Waals surface area contributed by atoms with Crippen LogP contribution < -0.4 is 14.4 Å². The van der Waals surface area contributed by atoms with Crippen molar-refractivity contribution in [2.75, 3.05) is 44.3 Å². The Balaban J connectivity index is 1.37. The van der Waals surface area contributed by atoms with E-state index in [-0.39, 0.29) is 0 Å². The first-order valence-electron chi connectivity index (χ1n) is 9.49. The fourth-order valence-electron chi connectivity index (χ4n) is 3.51. The molecule has 9 heteroatoms. The van der Waals surface area contributed by atoms with Crippen LogP contribution >= 0.6 is 11.6 Å². The molecule has 0 unspecified atom stereocenters. The predicted molar refractivity (Wildman–Crippen MR) is 104 cm³/mol. The number of piperazine rings is 1. The number of hydrogen-bond acceptors (Lipinski definition) is 5. The van der Waals surface area contributed by atoms with Crippen molar-refractivity contribution in [3.63, 3.8) is 0 Å². The maximum atomic E-state index is 12.7. The van der Waals surface area contributed by atoms with Gasteiger partial charge in [0.15, 0.2) is 11.5 Å². The van der Waals surface area contributed by atoms with Gasteiger partial charge in [0.1, 0.15) is 5.82 Å². The molecule has 0 aliphatic carbocycles. The quantitative estimate of drug-likeness (QED) is 0.732. The SMILES string of the molecule is FC(F)(F)c1ccc(N2CCN(Cc3cc(Cl)c4c(c3)OCCCO4)CC2)nc1. The minimum absolute atomic E-state index is 0.548. The molecule has 2 aromatic rings. The predicted octanol–water partition coefficient (Wildman–Crippen LogP) is 4.24. The van der Waals surface area contributed by atoms with Crippen LogP contribution in [0.25, 0.3) is 0 Å². The Morgan fingerprint density at radius 3 is 2.48 bits per heavy atom. The molecule has 4 rings (SSSR count). The highest BCUT2D eigenvalue weighted by Gasteiger charge is 2.31. The number of alkyl halides is 3. The lowest BCUT2D eigenvalue weighted by atomic mass is 10.1. The molecule has 156 valence electrons. The summed E-state index contributed by atoms with van der Waals surface area (Å²) < 4.78 is 49.5. The second-order valence-electron chi connectivity index (χ2n) is 7.12. The van der Waals surface area contributed by atoms with Gasteiger partial charge in [0, 0.05) is 45.3 Å². The lowest BCUT2D eigenvalue weighted by molar-refractivity contribution is -0.137. The number of aromatic nitrogens is 1. The second kappa shape index (κ2) is 8.28. The van der Waals surface area contributed by atoms with Crippen LogP contribution in [0.15, 0.2) is 30.5 Å². The highest BCUT2D eigenvalue weighted by Crippen LogP contribution is 2.38. The van der Waals surface area contributed by atoms with Gasteiger partial charge in [-0.1, -0.05) is 11.6 Å². The average molecular weight is 428 g/mol. The molecule has 0 radical (unpaired) electrons. The molecular formula is C20H21ClF3N3O2. The van der Waals surface area contributed by atoms with Gasteiger partial charge in [-0.3, -0.25) is 4.90 Å². The van der Waals surface area contributed by atoms with E-state index in [0.717, 1.165) is 37.3 Å². The van der Waals surface area contributed by atoms with E-state index in [2.05, 4.69) is 9.88 Å². The van der Waals surface area contributed by atoms with Gasteiger partial charge < -0.3 is 14.4 Å². The topological polar surface area (TPSA) is 37.8 Å². The molecule has 0 spiro atoms. The van der Waals surface area contributed by atoms with E-state index in [1.54, 1.807) is 0 Å². The molecule has 0 atom stereocenters. The molecule has 2 aliphatic heterocycles. The van der Waals surface area contributed by atoms with Crippen LogP contribution in [0.2, 0.25) is 5.02 Å². The standard InChI is InChI=1S/C20H21ClF3N3O2/c21-16-10-14(11-17-19(16)29-9-1-8-28-17)13-26-4-6-27(7-5-26)18-3-2-15(12-25-18)20(22,23)24/h2-3,10-12H,1,4-9,13H2. The lowest BCUT2D eigenvalue weighted by Crippen LogP contribution is -2.46. The third kappa shape index (κ3) is 4.70. The highest BCUT2D eigenvalue weighted by atomic mass is 35.5. The Labute approximate surface area is 172 Å². The van der Waals surface area contributed by atoms with Crippen LogP contribution in [-0.4, -0.2) is 49.3 Å². The molecule has 1 aromatic carbocycles. The molecule has 0 N–H and O–H groups in total. The minimum Gasteiger partial charge on any atom is -0.489 e. The van der Waals surface area contributed by atoms with Gasteiger partial charge >= 0.3 is 6.18 Å². The first-order chi connectivity index (χ1) is 13.9. The van der Waals surface area contributed by atoms with Crippen molar-refractivity contribution in [2.24, 2.45) is 0 Å². The monoisotopic (exact) mass is 427 g/mol. The van der Waals surface area contributed by atoms with Crippen molar-refractivity contribution in [1.29, 1.82) is 0 Å². The number of rotatable bonds is 3. The number of benzene rings is 1. The molecule has 1 aromatic heterocycles. The summed E-state index contributed by atoms with van der Waals surface area (Å²) in [4.78, 5) is 8.26. The van der Waals surface area contributed by atoms with Crippen LogP contribution in [0.5, 0.6) is 11.5 Å². The van der Waals surface area contributed by atoms with Crippen LogP contribution in [0.3, 0.4) is 0 Å². The van der Waals surface area contributed by atoms with Crippen molar-refractivity contribution >= 4 is 17.4 Å². The molecule has 1 fully saturated rings. The summed E-state index contributed by atoms with van der Waals surface area (Å²) in [5.41, 5.74) is 0.312. The third-order valence-electron chi connectivity index (χ3n) is 5.04. The Hall–Kier alpha value is -2.19. The normalized spacial score (nSPS) is 17.9. The van der Waals surface area contributed by atoms with Gasteiger partial charge in [-0.15, -0.1) is 0 Å². The van der Waals surface area contributed by atoms with Crippen LogP contribution in [-0.2, 0) is 12.7 Å². The molecule has 0 amide bonds. The molecule has 5 nitrogen and oxygen atoms in total. The van der Waals surface area contributed by atoms with E-state index in [1.165, 1.54) is 6.07 Å². The summed E-state index contributed by atoms with van der Waals surface area (Å²) in [5, 5.41) is 0.548. The smallest absolute Gasteiger partial charge is 0.417 e. The highest BCUT2D eigenvalue weighted by molar-refractivity contribution is 6.32. The molecule has 0 bridgehead atoms. The van der Waals surface area contributed by atoms with E-state index in [0.29, 0.717) is 55.2 Å². The van der Waals surface area contributed by atoms with Crippen LogP contribution in [0.1, 0.15) is 17.5 Å². The second-order valence-corrected chi connectivity index (χ2v) is 7.53. The molecule has 3 heterocycles. The number of hydrogen-bond donors (Lipinski definition) is 0. The number of nitrogens with zero attached hydrogens (tertiary/aromatic N) is 3. The molecule has 1 saturated heterocycles. The number of pyridine rings is 1. The zero-order chi connectivity index (χ0) is 20.4. The van der Waals surface area contributed by atoms with E-state index in [1.807, 2.05) is 17.0 Å². The lowest BCUT2D eigenvalue weighted by Gasteiger charge is -2.35. The van der Waals surface area contributed by atoms with Crippen molar-refractivity contribution in [3.05, 3.63) is 46.6 Å². The third-order valence-corrected chi connectivity index (χ3v) is 5.32. The summed E-state index contributed by atoms with van der Waals surface area (Å²) in [6.45, 7) is 4.83. The summed E-state index contributed by atoms with van der Waals surface area (Å²) >= 11 is 6.37. The number of fused-ring (bicyclic) bond motifs is 1. The van der Waals surface area contributed by atoms with Crippen molar-refractivity contribution < 1.29 is 22.6 Å². The Morgan fingerprint density at radius 2 is 1.79 bits per heavy atom. The van der Waals surface area contributed by atoms with E-state index in [4.69, 9.17) is 21.1 Å². The fraction of sp³-hybridized carbons (Fsp3) is 0.450. The molecule has 29 heavy (non-hydrogen) atoms. The van der Waals surface area contributed by atoms with Gasteiger partial charge in [-0.25, -0.2) is 4.98 Å². The van der Waals surface area contributed by atoms with Crippen LogP contribution in [0.4, 0.5) is 19.0 Å². The Bertz CT molecular complexity index is 853. The largest absolute Gasteiger partial charge is 0.489 e. The van der Waals surface area contributed by atoms with E-state index >= 15 is 0 Å². The Morgan fingerprint density at radius 1 is 1.03 bits per heavy atom. The van der Waals surface area contributed by atoms with Gasteiger partial charge in [0.2, 0.25) is 0 Å². The van der Waals surface area contributed by atoms with Gasteiger partial charge in [-0.2, -0.15) is 13.2 Å². The minimum atomic E-state index is -4.37. The fourth-order valence-corrected chi connectivity index (χ4v) is 3.80. The van der Waals surface area contributed by atoms with E-state index in [9.17, 15) is 13.2 Å². The average Bonchev–Trinajstić information content (AvgIpc) is 2.94. The molecule has 0 saturated carbocycles. The number of ether oxygens (including phenoxy) is 2. The zero-order valence-electron chi connectivity index (χ0n) is 15.7. The van der Waals surface area contributed by atoms with Crippen molar-refractivity contribution in [2.45, 2.75) is 19.1 Å². The van der Waals surface area contributed by atoms with Crippen LogP contribution in [0, 0.1) is 0 Å². The van der Waals surface area contributed by atoms with E-state index < -0.39 is 11.7 Å². The van der Waals surface area contributed by atoms with Gasteiger partial charge in [0.25, 0.3) is 0 Å². The maximum absolute atomic E-state index is 12.7. The Kier molecular flexibility index (Phi) is 5.74. The summed E-state index contributed by atoms with van der Waals surface area (Å²) in [7, 11) is 0. The summed E-state index contributed by atoms with van der Waals surface area (Å²) in [5.74, 6) is 1.85. The summed E-state index contributed by atoms with van der Waals surface area (Å²) in [6, 6.07) is 6.38. The number of anilines is 1. The molecule has 2 aliphatic rings. The zero-order valence-corrected chi connectivity index (χ0v) is 16.5. The van der Waals surface area contributed by atoms with Crippen molar-refractivity contribution in [3.8, 4) is 11.5 Å². The maximum Gasteiger partial charge on any atom is 0.417 e. The van der Waals surface area contributed by atoms with Crippen molar-refractivity contribution in [1.82, 2.24) is 9.88 Å². The molecular weight excluding hydrogens is 407 g/mol.